The van der Waals surface area contributed by atoms with Gasteiger partial charge < -0.3 is 10.2 Å². The number of likely N-dealkylation sites (tertiary alicyclic amines) is 1. The van der Waals surface area contributed by atoms with Crippen molar-refractivity contribution in [2.75, 3.05) is 31.5 Å². The lowest BCUT2D eigenvalue weighted by Crippen LogP contribution is -2.46. The molecule has 4 heterocycles. The van der Waals surface area contributed by atoms with E-state index >= 15 is 0 Å². The third kappa shape index (κ3) is 4.03. The molecule has 1 saturated heterocycles. The summed E-state index contributed by atoms with van der Waals surface area (Å²) in [5, 5.41) is 9.72. The number of fused-ring (bicyclic) bond motifs is 1. The van der Waals surface area contributed by atoms with Crippen molar-refractivity contribution in [2.45, 2.75) is 31.7 Å². The fourth-order valence-electron chi connectivity index (χ4n) is 3.83. The number of rotatable bonds is 4. The number of aryl methyl sites for hydroxylation is 1. The zero-order valence-electron chi connectivity index (χ0n) is 15.4. The highest BCUT2D eigenvalue weighted by Crippen LogP contribution is 2.29. The van der Waals surface area contributed by atoms with Gasteiger partial charge in [0.15, 0.2) is 5.13 Å². The Labute approximate surface area is 162 Å². The third-order valence-corrected chi connectivity index (χ3v) is 5.86. The summed E-state index contributed by atoms with van der Waals surface area (Å²) in [5.74, 6) is -0.567. The molecule has 144 valence electrons. The van der Waals surface area contributed by atoms with Gasteiger partial charge in [-0.3, -0.25) is 19.2 Å². The molecule has 0 saturated carbocycles. The summed E-state index contributed by atoms with van der Waals surface area (Å²) in [4.78, 5) is 33.9. The predicted molar refractivity (Wildman–Crippen MR) is 102 cm³/mol. The average molecular weight is 388 g/mol. The van der Waals surface area contributed by atoms with Gasteiger partial charge in [0, 0.05) is 43.5 Å². The molecule has 0 aromatic carbocycles. The van der Waals surface area contributed by atoms with Crippen LogP contribution < -0.4 is 5.32 Å². The van der Waals surface area contributed by atoms with Crippen LogP contribution in [0, 0.1) is 0 Å². The molecule has 2 aromatic heterocycles. The van der Waals surface area contributed by atoms with Crippen molar-refractivity contribution >= 4 is 28.3 Å². The molecule has 0 unspecified atom stereocenters. The number of aromatic nitrogens is 3. The van der Waals surface area contributed by atoms with E-state index in [0.29, 0.717) is 24.8 Å². The van der Waals surface area contributed by atoms with E-state index in [2.05, 4.69) is 20.3 Å². The number of thiazole rings is 1. The number of piperidine rings is 1. The van der Waals surface area contributed by atoms with Crippen LogP contribution in [0.4, 0.5) is 5.13 Å². The summed E-state index contributed by atoms with van der Waals surface area (Å²) in [6.07, 6.45) is 7.10. The molecule has 2 aromatic rings. The van der Waals surface area contributed by atoms with Crippen LogP contribution >= 0.6 is 11.3 Å². The summed E-state index contributed by atoms with van der Waals surface area (Å²) in [7, 11) is 1.84. The molecule has 0 radical (unpaired) electrons. The minimum absolute atomic E-state index is 0.0819. The molecule has 1 fully saturated rings. The van der Waals surface area contributed by atoms with Gasteiger partial charge in [0.1, 0.15) is 5.92 Å². The predicted octanol–water partition coefficient (Wildman–Crippen LogP) is 1.43. The van der Waals surface area contributed by atoms with Gasteiger partial charge >= 0.3 is 0 Å². The molecule has 27 heavy (non-hydrogen) atoms. The van der Waals surface area contributed by atoms with Crippen LogP contribution in [0.3, 0.4) is 0 Å². The zero-order valence-corrected chi connectivity index (χ0v) is 16.2. The van der Waals surface area contributed by atoms with Crippen LogP contribution in [0.1, 0.15) is 36.4 Å². The molecule has 4 rings (SSSR count). The lowest BCUT2D eigenvalue weighted by Gasteiger charge is -2.33. The van der Waals surface area contributed by atoms with Gasteiger partial charge in [-0.1, -0.05) is 6.42 Å². The van der Waals surface area contributed by atoms with Crippen molar-refractivity contribution in [1.29, 1.82) is 0 Å². The highest BCUT2D eigenvalue weighted by molar-refractivity contribution is 7.13. The number of carbonyl (C=O) groups excluding carboxylic acids is 2. The van der Waals surface area contributed by atoms with Gasteiger partial charge in [-0.25, -0.2) is 4.98 Å². The summed E-state index contributed by atoms with van der Waals surface area (Å²) < 4.78 is 1.72. The Morgan fingerprint density at radius 3 is 2.85 bits per heavy atom. The number of carbonyl (C=O) groups is 2. The van der Waals surface area contributed by atoms with Crippen LogP contribution in [0.15, 0.2) is 17.8 Å². The first kappa shape index (κ1) is 18.1. The lowest BCUT2D eigenvalue weighted by molar-refractivity contribution is -0.134. The molecule has 2 amide bonds. The molecule has 2 aliphatic rings. The Balaban J connectivity index is 1.50. The van der Waals surface area contributed by atoms with Gasteiger partial charge in [-0.2, -0.15) is 5.10 Å². The molecule has 9 heteroatoms. The molecule has 0 bridgehead atoms. The molecule has 8 nitrogen and oxygen atoms in total. The number of hydrogen-bond donors (Lipinski definition) is 1. The SMILES string of the molecule is Cn1cc2c(n1)[C@H](C(=O)Nc1nccs1)CN(C(=O)CN1CCCCC1)C2. The van der Waals surface area contributed by atoms with E-state index in [-0.39, 0.29) is 11.8 Å². The van der Waals surface area contributed by atoms with Crippen LogP contribution in [0.25, 0.3) is 0 Å². The van der Waals surface area contributed by atoms with Gasteiger partial charge in [0.2, 0.25) is 11.8 Å². The molecule has 1 N–H and O–H groups in total. The number of nitrogens with one attached hydrogen (secondary N) is 1. The van der Waals surface area contributed by atoms with Crippen molar-refractivity contribution < 1.29 is 9.59 Å². The molecule has 1 atom stereocenters. The Bertz CT molecular complexity index is 812. The average Bonchev–Trinajstić information content (AvgIpc) is 3.29. The number of nitrogens with zero attached hydrogens (tertiary/aromatic N) is 5. The smallest absolute Gasteiger partial charge is 0.237 e. The second-order valence-electron chi connectivity index (χ2n) is 7.20. The minimum atomic E-state index is -0.482. The second-order valence-corrected chi connectivity index (χ2v) is 8.10. The maximum absolute atomic E-state index is 12.9. The Hall–Kier alpha value is -2.26. The summed E-state index contributed by atoms with van der Waals surface area (Å²) in [5.41, 5.74) is 1.70. The first-order chi connectivity index (χ1) is 13.1. The van der Waals surface area contributed by atoms with E-state index in [0.717, 1.165) is 37.2 Å². The van der Waals surface area contributed by atoms with E-state index in [1.807, 2.05) is 18.6 Å². The van der Waals surface area contributed by atoms with E-state index in [1.54, 1.807) is 15.8 Å². The minimum Gasteiger partial charge on any atom is -0.336 e. The Kier molecular flexibility index (Phi) is 5.22. The molecule has 0 spiro atoms. The number of anilines is 1. The van der Waals surface area contributed by atoms with Gasteiger partial charge in [0.05, 0.1) is 12.2 Å². The Morgan fingerprint density at radius 2 is 2.11 bits per heavy atom. The van der Waals surface area contributed by atoms with Gasteiger partial charge in [0.25, 0.3) is 0 Å². The molecular weight excluding hydrogens is 364 g/mol. The zero-order chi connectivity index (χ0) is 18.8. The van der Waals surface area contributed by atoms with Crippen molar-refractivity contribution in [3.05, 3.63) is 29.0 Å². The largest absolute Gasteiger partial charge is 0.336 e. The van der Waals surface area contributed by atoms with Crippen molar-refractivity contribution in [3.63, 3.8) is 0 Å². The first-order valence-electron chi connectivity index (χ1n) is 9.33. The second kappa shape index (κ2) is 7.77. The van der Waals surface area contributed by atoms with Crippen LogP contribution in [-0.4, -0.2) is 62.6 Å². The van der Waals surface area contributed by atoms with E-state index in [4.69, 9.17) is 0 Å². The van der Waals surface area contributed by atoms with E-state index < -0.39 is 5.92 Å². The highest BCUT2D eigenvalue weighted by atomic mass is 32.1. The fourth-order valence-corrected chi connectivity index (χ4v) is 4.36. The highest BCUT2D eigenvalue weighted by Gasteiger charge is 2.35. The monoisotopic (exact) mass is 388 g/mol. The molecule has 0 aliphatic carbocycles. The van der Waals surface area contributed by atoms with Gasteiger partial charge in [-0.05, 0) is 25.9 Å². The topological polar surface area (TPSA) is 83.4 Å². The third-order valence-electron chi connectivity index (χ3n) is 5.17. The lowest BCUT2D eigenvalue weighted by atomic mass is 9.95. The van der Waals surface area contributed by atoms with Crippen molar-refractivity contribution in [1.82, 2.24) is 24.6 Å². The number of amides is 2. The van der Waals surface area contributed by atoms with Crippen molar-refractivity contribution in [3.8, 4) is 0 Å². The Morgan fingerprint density at radius 1 is 1.30 bits per heavy atom. The van der Waals surface area contributed by atoms with E-state index in [1.165, 1.54) is 17.8 Å². The molecule has 2 aliphatic heterocycles. The molecular formula is C18H24N6O2S. The van der Waals surface area contributed by atoms with Crippen LogP contribution in [0.2, 0.25) is 0 Å². The maximum Gasteiger partial charge on any atom is 0.237 e. The maximum atomic E-state index is 12.9. The first-order valence-corrected chi connectivity index (χ1v) is 10.2. The fraction of sp³-hybridized carbons (Fsp3) is 0.556. The number of hydrogen-bond acceptors (Lipinski definition) is 6. The van der Waals surface area contributed by atoms with Crippen LogP contribution in [-0.2, 0) is 23.2 Å². The normalized spacial score (nSPS) is 20.3. The van der Waals surface area contributed by atoms with Crippen LogP contribution in [0.5, 0.6) is 0 Å². The summed E-state index contributed by atoms with van der Waals surface area (Å²) >= 11 is 1.38. The van der Waals surface area contributed by atoms with Crippen molar-refractivity contribution in [2.24, 2.45) is 7.05 Å². The van der Waals surface area contributed by atoms with E-state index in [9.17, 15) is 9.59 Å². The van der Waals surface area contributed by atoms with Gasteiger partial charge in [-0.15, -0.1) is 11.3 Å². The standard InChI is InChI=1S/C18H24N6O2S/c1-22-9-13-10-24(15(25)12-23-6-3-2-4-7-23)11-14(16(13)21-22)17(26)20-18-19-5-8-27-18/h5,8-9,14H,2-4,6-7,10-12H2,1H3,(H,19,20,26)/t14-/m1/s1. The summed E-state index contributed by atoms with van der Waals surface area (Å²) in [6, 6.07) is 0. The quantitative estimate of drug-likeness (QED) is 0.857. The summed E-state index contributed by atoms with van der Waals surface area (Å²) in [6.45, 7) is 3.25.